The zero-order chi connectivity index (χ0) is 14.7. The molecule has 0 aromatic carbocycles. The molecule has 2 aromatic rings. The maximum Gasteiger partial charge on any atom is 0.147 e. The van der Waals surface area contributed by atoms with Crippen LogP contribution in [0.4, 0.5) is 11.6 Å². The van der Waals surface area contributed by atoms with Gasteiger partial charge in [-0.3, -0.25) is 4.98 Å². The molecule has 0 radical (unpaired) electrons. The summed E-state index contributed by atoms with van der Waals surface area (Å²) in [5, 5.41) is 3.10. The lowest BCUT2D eigenvalue weighted by Gasteiger charge is -2.32. The van der Waals surface area contributed by atoms with Crippen LogP contribution < -0.4 is 10.2 Å². The quantitative estimate of drug-likeness (QED) is 0.930. The zero-order valence-corrected chi connectivity index (χ0v) is 12.5. The first-order valence-electron chi connectivity index (χ1n) is 7.30. The lowest BCUT2D eigenvalue weighted by atomic mass is 9.97. The van der Waals surface area contributed by atoms with Crippen LogP contribution in [0.2, 0.25) is 0 Å². The van der Waals surface area contributed by atoms with E-state index in [-0.39, 0.29) is 0 Å². The molecule has 21 heavy (non-hydrogen) atoms. The number of hydrogen-bond acceptors (Lipinski definition) is 6. The molecular formula is C15H20N6. The molecular weight excluding hydrogens is 264 g/mol. The molecule has 1 N–H and O–H groups in total. The Hall–Kier alpha value is -2.24. The number of nitrogens with one attached hydrogen (secondary N) is 1. The topological polar surface area (TPSA) is 66.8 Å². The maximum absolute atomic E-state index is 4.62. The summed E-state index contributed by atoms with van der Waals surface area (Å²) in [5.41, 5.74) is 1.00. The fraction of sp³-hybridized carbons (Fsp3) is 0.467. The summed E-state index contributed by atoms with van der Waals surface area (Å²) >= 11 is 0. The Labute approximate surface area is 124 Å². The van der Waals surface area contributed by atoms with Gasteiger partial charge in [0.25, 0.3) is 0 Å². The molecule has 0 amide bonds. The van der Waals surface area contributed by atoms with Gasteiger partial charge in [-0.1, -0.05) is 0 Å². The third kappa shape index (κ3) is 3.09. The highest BCUT2D eigenvalue weighted by molar-refractivity contribution is 5.38. The van der Waals surface area contributed by atoms with Crippen LogP contribution in [-0.4, -0.2) is 40.1 Å². The van der Waals surface area contributed by atoms with Crippen LogP contribution in [0, 0.1) is 6.92 Å². The molecule has 1 atom stereocenters. The van der Waals surface area contributed by atoms with Crippen LogP contribution >= 0.6 is 0 Å². The van der Waals surface area contributed by atoms with Crippen LogP contribution in [0.15, 0.2) is 24.7 Å². The Kier molecular flexibility index (Phi) is 3.94. The van der Waals surface area contributed by atoms with E-state index in [1.165, 1.54) is 0 Å². The van der Waals surface area contributed by atoms with Crippen LogP contribution in [0.25, 0.3) is 0 Å². The number of rotatable bonds is 3. The normalized spacial score (nSPS) is 18.6. The van der Waals surface area contributed by atoms with Crippen molar-refractivity contribution in [3.63, 3.8) is 0 Å². The molecule has 0 saturated carbocycles. The molecule has 6 heteroatoms. The van der Waals surface area contributed by atoms with Crippen molar-refractivity contribution in [2.75, 3.05) is 30.4 Å². The molecule has 3 rings (SSSR count). The third-order valence-electron chi connectivity index (χ3n) is 3.79. The zero-order valence-electron chi connectivity index (χ0n) is 12.5. The van der Waals surface area contributed by atoms with E-state index >= 15 is 0 Å². The van der Waals surface area contributed by atoms with E-state index in [2.05, 4.69) is 30.2 Å². The summed E-state index contributed by atoms with van der Waals surface area (Å²) in [6, 6.07) is 1.97. The van der Waals surface area contributed by atoms with Gasteiger partial charge in [0, 0.05) is 50.2 Å². The first-order chi connectivity index (χ1) is 10.3. The standard InChI is InChI=1S/C15H20N6/c1-11-8-13(16-2)20-15(19-11)12-4-3-7-21(10-12)14-9-17-5-6-18-14/h5-6,8-9,12H,3-4,7,10H2,1-2H3,(H,16,19,20)/t12-/m0/s1. The lowest BCUT2D eigenvalue weighted by molar-refractivity contribution is 0.488. The van der Waals surface area contributed by atoms with Crippen molar-refractivity contribution in [2.24, 2.45) is 0 Å². The van der Waals surface area contributed by atoms with Crippen LogP contribution in [0.1, 0.15) is 30.3 Å². The van der Waals surface area contributed by atoms with Gasteiger partial charge in [-0.2, -0.15) is 0 Å². The van der Waals surface area contributed by atoms with Crippen molar-refractivity contribution in [1.82, 2.24) is 19.9 Å². The summed E-state index contributed by atoms with van der Waals surface area (Å²) in [7, 11) is 1.89. The molecule has 110 valence electrons. The summed E-state index contributed by atoms with van der Waals surface area (Å²) in [4.78, 5) is 20.1. The highest BCUT2D eigenvalue weighted by atomic mass is 15.2. The van der Waals surface area contributed by atoms with Crippen molar-refractivity contribution >= 4 is 11.6 Å². The average Bonchev–Trinajstić information content (AvgIpc) is 2.55. The molecule has 1 fully saturated rings. The lowest BCUT2D eigenvalue weighted by Crippen LogP contribution is -2.35. The Bertz CT molecular complexity index is 600. The monoisotopic (exact) mass is 284 g/mol. The van der Waals surface area contributed by atoms with Gasteiger partial charge < -0.3 is 10.2 Å². The highest BCUT2D eigenvalue weighted by Crippen LogP contribution is 2.27. The molecule has 6 nitrogen and oxygen atoms in total. The minimum atomic E-state index is 0.341. The van der Waals surface area contributed by atoms with Crippen LogP contribution in [0.3, 0.4) is 0 Å². The van der Waals surface area contributed by atoms with Crippen molar-refractivity contribution < 1.29 is 0 Å². The number of piperidine rings is 1. The summed E-state index contributed by atoms with van der Waals surface area (Å²) in [6.45, 7) is 3.92. The fourth-order valence-electron chi connectivity index (χ4n) is 2.75. The minimum absolute atomic E-state index is 0.341. The summed E-state index contributed by atoms with van der Waals surface area (Å²) < 4.78 is 0. The van der Waals surface area contributed by atoms with E-state index in [9.17, 15) is 0 Å². The first-order valence-corrected chi connectivity index (χ1v) is 7.30. The molecule has 1 saturated heterocycles. The van der Waals surface area contributed by atoms with Gasteiger partial charge in [0.15, 0.2) is 0 Å². The predicted molar refractivity (Wildman–Crippen MR) is 82.5 cm³/mol. The summed E-state index contributed by atoms with van der Waals surface area (Å²) in [6.07, 6.45) is 7.49. The van der Waals surface area contributed by atoms with Crippen molar-refractivity contribution in [2.45, 2.75) is 25.7 Å². The number of nitrogens with zero attached hydrogens (tertiary/aromatic N) is 5. The van der Waals surface area contributed by atoms with Gasteiger partial charge in [0.2, 0.25) is 0 Å². The Morgan fingerprint density at radius 3 is 2.95 bits per heavy atom. The van der Waals surface area contributed by atoms with E-state index in [1.54, 1.807) is 12.4 Å². The van der Waals surface area contributed by atoms with Crippen molar-refractivity contribution in [3.05, 3.63) is 36.2 Å². The summed E-state index contributed by atoms with van der Waals surface area (Å²) in [5.74, 6) is 3.08. The molecule has 1 aliphatic rings. The fourth-order valence-corrected chi connectivity index (χ4v) is 2.75. The second-order valence-corrected chi connectivity index (χ2v) is 5.35. The molecule has 0 aliphatic carbocycles. The second-order valence-electron chi connectivity index (χ2n) is 5.35. The number of aryl methyl sites for hydroxylation is 1. The minimum Gasteiger partial charge on any atom is -0.373 e. The van der Waals surface area contributed by atoms with E-state index in [4.69, 9.17) is 0 Å². The Morgan fingerprint density at radius 1 is 1.29 bits per heavy atom. The second kappa shape index (κ2) is 6.03. The molecule has 1 aliphatic heterocycles. The molecule has 3 heterocycles. The Balaban J connectivity index is 1.81. The van der Waals surface area contributed by atoms with Crippen molar-refractivity contribution in [1.29, 1.82) is 0 Å². The van der Waals surface area contributed by atoms with E-state index < -0.39 is 0 Å². The molecule has 0 spiro atoms. The van der Waals surface area contributed by atoms with Gasteiger partial charge in [0.05, 0.1) is 6.20 Å². The maximum atomic E-state index is 4.62. The molecule has 0 unspecified atom stereocenters. The third-order valence-corrected chi connectivity index (χ3v) is 3.79. The number of aromatic nitrogens is 4. The van der Waals surface area contributed by atoms with E-state index in [0.29, 0.717) is 5.92 Å². The van der Waals surface area contributed by atoms with Crippen LogP contribution in [0.5, 0.6) is 0 Å². The number of hydrogen-bond donors (Lipinski definition) is 1. The average molecular weight is 284 g/mol. The van der Waals surface area contributed by atoms with Gasteiger partial charge >= 0.3 is 0 Å². The smallest absolute Gasteiger partial charge is 0.147 e. The number of anilines is 2. The SMILES string of the molecule is CNc1cc(C)nc([C@H]2CCCN(c3cnccn3)C2)n1. The largest absolute Gasteiger partial charge is 0.373 e. The van der Waals surface area contributed by atoms with Gasteiger partial charge in [0.1, 0.15) is 17.5 Å². The highest BCUT2D eigenvalue weighted by Gasteiger charge is 2.24. The predicted octanol–water partition coefficient (Wildman–Crippen LogP) is 2.00. The van der Waals surface area contributed by atoms with E-state index in [1.807, 2.05) is 26.2 Å². The van der Waals surface area contributed by atoms with Crippen LogP contribution in [-0.2, 0) is 0 Å². The van der Waals surface area contributed by atoms with Gasteiger partial charge in [-0.25, -0.2) is 15.0 Å². The molecule has 0 bridgehead atoms. The van der Waals surface area contributed by atoms with Crippen molar-refractivity contribution in [3.8, 4) is 0 Å². The van der Waals surface area contributed by atoms with Gasteiger partial charge in [-0.15, -0.1) is 0 Å². The van der Waals surface area contributed by atoms with E-state index in [0.717, 1.165) is 49.1 Å². The van der Waals surface area contributed by atoms with Gasteiger partial charge in [-0.05, 0) is 19.8 Å². The Morgan fingerprint density at radius 2 is 2.19 bits per heavy atom. The first kappa shape index (κ1) is 13.7. The molecule has 2 aromatic heterocycles.